The van der Waals surface area contributed by atoms with Gasteiger partial charge in [0.05, 0.1) is 17.1 Å². The third-order valence-electron chi connectivity index (χ3n) is 8.82. The first-order chi connectivity index (χ1) is 20.9. The maximum Gasteiger partial charge on any atom is 0.417 e. The molecule has 3 aliphatic rings. The minimum atomic E-state index is -4.90. The van der Waals surface area contributed by atoms with E-state index in [0.29, 0.717) is 12.6 Å². The number of amides is 1. The van der Waals surface area contributed by atoms with Crippen molar-refractivity contribution in [2.75, 3.05) is 43.4 Å². The Labute approximate surface area is 255 Å². The molecule has 7 nitrogen and oxygen atoms in total. The van der Waals surface area contributed by atoms with Crippen LogP contribution in [0.4, 0.5) is 27.8 Å². The fourth-order valence-corrected chi connectivity index (χ4v) is 8.06. The van der Waals surface area contributed by atoms with E-state index in [1.165, 1.54) is 10.6 Å². The van der Waals surface area contributed by atoms with Gasteiger partial charge in [-0.3, -0.25) is 9.36 Å². The molecule has 3 aromatic rings. The van der Waals surface area contributed by atoms with E-state index >= 15 is 4.39 Å². The number of carbonyl (C=O) groups excluding carboxylic acids is 1. The Kier molecular flexibility index (Phi) is 7.98. The molecule has 1 aromatic heterocycles. The summed E-state index contributed by atoms with van der Waals surface area (Å²) in [7, 11) is 0. The number of anilines is 1. The fraction of sp³-hybridized carbons (Fsp3) is 0.452. The zero-order valence-corrected chi connectivity index (χ0v) is 25.1. The van der Waals surface area contributed by atoms with Gasteiger partial charge >= 0.3 is 11.9 Å². The Morgan fingerprint density at radius 1 is 1.11 bits per heavy atom. The summed E-state index contributed by atoms with van der Waals surface area (Å²) in [5.74, 6) is -1.92. The highest BCUT2D eigenvalue weighted by Crippen LogP contribution is 2.50. The number of aromatic nitrogens is 2. The first-order valence-corrected chi connectivity index (χ1v) is 15.6. The molecule has 0 saturated carbocycles. The smallest absolute Gasteiger partial charge is 0.349 e. The first kappa shape index (κ1) is 30.6. The fourth-order valence-electron chi connectivity index (χ4n) is 6.74. The maximum absolute atomic E-state index is 15.2. The van der Waals surface area contributed by atoms with Crippen LogP contribution in [0.25, 0.3) is 22.0 Å². The van der Waals surface area contributed by atoms with E-state index in [1.807, 2.05) is 13.8 Å². The molecule has 0 aliphatic carbocycles. The molecule has 0 spiro atoms. The molecule has 0 N–H and O–H groups in total. The summed E-state index contributed by atoms with van der Waals surface area (Å²) >= 11 is 1.15. The monoisotopic (exact) mass is 633 g/mol. The van der Waals surface area contributed by atoms with Crippen molar-refractivity contribution < 1.29 is 26.7 Å². The van der Waals surface area contributed by atoms with Crippen molar-refractivity contribution in [2.24, 2.45) is 0 Å². The zero-order valence-electron chi connectivity index (χ0n) is 24.3. The number of hydrogen-bond donors (Lipinski definition) is 0. The van der Waals surface area contributed by atoms with Gasteiger partial charge in [-0.1, -0.05) is 6.58 Å². The van der Waals surface area contributed by atoms with Gasteiger partial charge in [-0.15, -0.1) is 11.8 Å². The van der Waals surface area contributed by atoms with Crippen LogP contribution in [-0.4, -0.2) is 75.8 Å². The lowest BCUT2D eigenvalue weighted by atomic mass is 9.95. The number of benzene rings is 2. The van der Waals surface area contributed by atoms with Gasteiger partial charge in [0.1, 0.15) is 17.5 Å². The van der Waals surface area contributed by atoms with E-state index in [2.05, 4.69) is 16.5 Å². The number of carbonyl (C=O) groups is 1. The Balaban J connectivity index is 1.63. The quantitative estimate of drug-likeness (QED) is 0.265. The van der Waals surface area contributed by atoms with Crippen LogP contribution in [-0.2, 0) is 11.0 Å². The van der Waals surface area contributed by atoms with Crippen LogP contribution < -0.4 is 10.6 Å². The molecule has 44 heavy (non-hydrogen) atoms. The molecule has 0 bridgehead atoms. The molecular formula is C31H32F5N5O2S. The minimum absolute atomic E-state index is 0.0894. The number of alkyl halides is 3. The van der Waals surface area contributed by atoms with Gasteiger partial charge in [0, 0.05) is 64.9 Å². The highest BCUT2D eigenvalue weighted by molar-refractivity contribution is 7.99. The van der Waals surface area contributed by atoms with Gasteiger partial charge in [-0.05, 0) is 64.1 Å². The lowest BCUT2D eigenvalue weighted by molar-refractivity contribution is -0.137. The van der Waals surface area contributed by atoms with E-state index in [1.54, 1.807) is 9.80 Å². The van der Waals surface area contributed by atoms with Crippen LogP contribution in [0.5, 0.6) is 0 Å². The van der Waals surface area contributed by atoms with Gasteiger partial charge in [0.2, 0.25) is 5.91 Å². The summed E-state index contributed by atoms with van der Waals surface area (Å²) in [6.45, 7) is 9.92. The van der Waals surface area contributed by atoms with Crippen LogP contribution in [0, 0.1) is 11.6 Å². The molecule has 234 valence electrons. The predicted octanol–water partition coefficient (Wildman–Crippen LogP) is 5.71. The van der Waals surface area contributed by atoms with Crippen LogP contribution in [0.3, 0.4) is 0 Å². The normalized spacial score (nSPS) is 22.6. The van der Waals surface area contributed by atoms with Crippen LogP contribution in [0.2, 0.25) is 0 Å². The largest absolute Gasteiger partial charge is 0.417 e. The summed E-state index contributed by atoms with van der Waals surface area (Å²) in [4.78, 5) is 36.5. The summed E-state index contributed by atoms with van der Waals surface area (Å²) in [6, 6.07) is 2.36. The second-order valence-corrected chi connectivity index (χ2v) is 12.8. The molecule has 1 amide bonds. The van der Waals surface area contributed by atoms with E-state index in [4.69, 9.17) is 0 Å². The Hall–Kier alpha value is -3.45. The molecular weight excluding hydrogens is 601 g/mol. The van der Waals surface area contributed by atoms with Gasteiger partial charge in [0.15, 0.2) is 0 Å². The number of rotatable bonds is 5. The van der Waals surface area contributed by atoms with Crippen LogP contribution in [0.15, 0.2) is 46.6 Å². The highest BCUT2D eigenvalue weighted by Gasteiger charge is 2.41. The van der Waals surface area contributed by atoms with Crippen molar-refractivity contribution in [3.63, 3.8) is 0 Å². The molecule has 13 heteroatoms. The third-order valence-corrected chi connectivity index (χ3v) is 10.1. The molecule has 2 saturated heterocycles. The average molecular weight is 634 g/mol. The Bertz CT molecular complexity index is 1700. The number of hydrogen-bond acceptors (Lipinski definition) is 6. The van der Waals surface area contributed by atoms with Crippen LogP contribution >= 0.6 is 11.8 Å². The van der Waals surface area contributed by atoms with Crippen molar-refractivity contribution in [2.45, 2.75) is 55.9 Å². The van der Waals surface area contributed by atoms with E-state index in [0.717, 1.165) is 55.9 Å². The maximum atomic E-state index is 15.2. The summed E-state index contributed by atoms with van der Waals surface area (Å²) in [6.07, 6.45) is -1.63. The van der Waals surface area contributed by atoms with Crippen LogP contribution in [0.1, 0.15) is 38.3 Å². The van der Waals surface area contributed by atoms with Gasteiger partial charge < -0.3 is 14.7 Å². The SMILES string of the molecule is C=CC(=O)N1C[C@H](C)N(c2nc(=O)n3c4c(c(-c5ccc(F)cc5F)c(C(F)(F)F)cc24)SCC3CN2CCCC2)C[C@H]1C. The Morgan fingerprint density at radius 3 is 2.50 bits per heavy atom. The number of piperazine rings is 1. The second-order valence-electron chi connectivity index (χ2n) is 11.8. The lowest BCUT2D eigenvalue weighted by Crippen LogP contribution is -2.58. The van der Waals surface area contributed by atoms with Crippen molar-refractivity contribution in [3.8, 4) is 11.1 Å². The van der Waals surface area contributed by atoms with Crippen molar-refractivity contribution in [1.82, 2.24) is 19.4 Å². The molecule has 3 aliphatic heterocycles. The van der Waals surface area contributed by atoms with Crippen molar-refractivity contribution >= 4 is 34.4 Å². The van der Waals surface area contributed by atoms with Gasteiger partial charge in [-0.2, -0.15) is 18.2 Å². The molecule has 0 radical (unpaired) electrons. The number of likely N-dealkylation sites (tertiary alicyclic amines) is 1. The minimum Gasteiger partial charge on any atom is -0.349 e. The molecule has 1 unspecified atom stereocenters. The summed E-state index contributed by atoms with van der Waals surface area (Å²) in [5, 5.41) is 0.124. The van der Waals surface area contributed by atoms with E-state index < -0.39 is 40.2 Å². The summed E-state index contributed by atoms with van der Waals surface area (Å²) in [5.41, 5.74) is -2.24. The molecule has 2 fully saturated rings. The molecule has 3 atom stereocenters. The second kappa shape index (κ2) is 11.5. The average Bonchev–Trinajstić information content (AvgIpc) is 3.48. The summed E-state index contributed by atoms with van der Waals surface area (Å²) < 4.78 is 75.1. The van der Waals surface area contributed by atoms with E-state index in [-0.39, 0.29) is 64.5 Å². The Morgan fingerprint density at radius 2 is 1.84 bits per heavy atom. The van der Waals surface area contributed by atoms with Crippen molar-refractivity contribution in [1.29, 1.82) is 0 Å². The molecule has 6 rings (SSSR count). The standard InChI is InChI=1S/C31H32F5N5O2S/c1-4-25(42)39-13-18(3)40(14-17(39)2)29-22-12-23(31(34,35)36)26(21-8-7-19(32)11-24(21)33)28-27(22)41(30(43)37-29)20(16-44-28)15-38-9-5-6-10-38/h4,7-8,11-12,17-18,20H,1,5-6,9-10,13-16H2,2-3H3/t17-,18+,20?/m1/s1. The number of nitrogens with zero attached hydrogens (tertiary/aromatic N) is 5. The predicted molar refractivity (Wildman–Crippen MR) is 160 cm³/mol. The van der Waals surface area contributed by atoms with Gasteiger partial charge in [0.25, 0.3) is 0 Å². The molecule has 2 aromatic carbocycles. The van der Waals surface area contributed by atoms with Crippen molar-refractivity contribution in [3.05, 3.63) is 64.6 Å². The topological polar surface area (TPSA) is 61.7 Å². The van der Waals surface area contributed by atoms with Gasteiger partial charge in [-0.25, -0.2) is 13.6 Å². The number of thioether (sulfide) groups is 1. The third kappa shape index (κ3) is 5.27. The first-order valence-electron chi connectivity index (χ1n) is 14.6. The zero-order chi connectivity index (χ0) is 31.5. The lowest BCUT2D eigenvalue weighted by Gasteiger charge is -2.45. The van der Waals surface area contributed by atoms with E-state index in [9.17, 15) is 27.2 Å². The molecule has 4 heterocycles. The highest BCUT2D eigenvalue weighted by atomic mass is 32.2. The number of halogens is 5.